The zero-order valence-electron chi connectivity index (χ0n) is 16.6. The number of hydrogen-bond donors (Lipinski definition) is 1. The van der Waals surface area contributed by atoms with E-state index in [0.29, 0.717) is 24.7 Å². The minimum Gasteiger partial charge on any atom is -0.493 e. The van der Waals surface area contributed by atoms with Crippen LogP contribution in [0.1, 0.15) is 29.7 Å². The van der Waals surface area contributed by atoms with Gasteiger partial charge in [-0.3, -0.25) is 4.98 Å². The van der Waals surface area contributed by atoms with Gasteiger partial charge in [0.2, 0.25) is 6.79 Å². The van der Waals surface area contributed by atoms with Crippen LogP contribution < -0.4 is 24.3 Å². The molecule has 0 bridgehead atoms. The maximum atomic E-state index is 5.97. The molecule has 0 aliphatic carbocycles. The highest BCUT2D eigenvalue weighted by atomic mass is 16.7. The van der Waals surface area contributed by atoms with E-state index in [1.165, 1.54) is 0 Å². The van der Waals surface area contributed by atoms with Crippen LogP contribution in [0.2, 0.25) is 0 Å². The van der Waals surface area contributed by atoms with Crippen molar-refractivity contribution in [2.45, 2.75) is 26.1 Å². The molecular formula is C23H24N2O4. The van der Waals surface area contributed by atoms with Crippen molar-refractivity contribution < 1.29 is 18.9 Å². The molecule has 0 spiro atoms. The van der Waals surface area contributed by atoms with Gasteiger partial charge in [-0.15, -0.1) is 0 Å². The predicted octanol–water partition coefficient (Wildman–Crippen LogP) is 4.25. The number of ether oxygens (including phenoxy) is 4. The highest BCUT2D eigenvalue weighted by molar-refractivity contribution is 5.45. The maximum absolute atomic E-state index is 5.97. The third-order valence-corrected chi connectivity index (χ3v) is 4.85. The maximum Gasteiger partial charge on any atom is 0.231 e. The van der Waals surface area contributed by atoms with Crippen LogP contribution in [0.15, 0.2) is 60.9 Å². The number of nitrogens with one attached hydrogen (secondary N) is 1. The van der Waals surface area contributed by atoms with Crippen molar-refractivity contribution in [3.05, 3.63) is 77.6 Å². The zero-order valence-corrected chi connectivity index (χ0v) is 16.6. The summed E-state index contributed by atoms with van der Waals surface area (Å²) >= 11 is 0. The molecule has 6 heteroatoms. The topological polar surface area (TPSA) is 61.8 Å². The Morgan fingerprint density at radius 3 is 2.76 bits per heavy atom. The molecule has 0 amide bonds. The van der Waals surface area contributed by atoms with Crippen molar-refractivity contribution in [3.63, 3.8) is 0 Å². The van der Waals surface area contributed by atoms with E-state index in [0.717, 1.165) is 28.2 Å². The number of rotatable bonds is 8. The Kier molecular flexibility index (Phi) is 5.81. The molecule has 4 rings (SSSR count). The highest BCUT2D eigenvalue weighted by Gasteiger charge is 2.16. The largest absolute Gasteiger partial charge is 0.493 e. The van der Waals surface area contributed by atoms with Crippen LogP contribution in [0, 0.1) is 0 Å². The van der Waals surface area contributed by atoms with Crippen molar-refractivity contribution in [3.8, 4) is 23.0 Å². The highest BCUT2D eigenvalue weighted by Crippen LogP contribution is 2.34. The van der Waals surface area contributed by atoms with E-state index in [1.54, 1.807) is 19.5 Å². The first-order valence-corrected chi connectivity index (χ1v) is 9.54. The average molecular weight is 392 g/mol. The normalized spacial score (nSPS) is 13.2. The lowest BCUT2D eigenvalue weighted by atomic mass is 10.1. The summed E-state index contributed by atoms with van der Waals surface area (Å²) in [6.45, 7) is 3.55. The van der Waals surface area contributed by atoms with Gasteiger partial charge in [0.05, 0.1) is 7.11 Å². The van der Waals surface area contributed by atoms with E-state index in [9.17, 15) is 0 Å². The summed E-state index contributed by atoms with van der Waals surface area (Å²) < 4.78 is 22.3. The standard InChI is InChI=1S/C23H24N2O4/c1-16(19-6-8-21-23(11-19)29-15-28-21)25-13-17-5-7-20(26-2)22(10-17)27-14-18-4-3-9-24-12-18/h3-12,16,25H,13-15H2,1-2H3. The molecule has 0 radical (unpaired) electrons. The van der Waals surface area contributed by atoms with E-state index in [1.807, 2.05) is 42.5 Å². The Bertz CT molecular complexity index is 962. The van der Waals surface area contributed by atoms with Crippen LogP contribution in [0.3, 0.4) is 0 Å². The molecule has 0 saturated heterocycles. The fourth-order valence-electron chi connectivity index (χ4n) is 3.16. The van der Waals surface area contributed by atoms with Gasteiger partial charge in [-0.2, -0.15) is 0 Å². The van der Waals surface area contributed by atoms with Gasteiger partial charge in [0.25, 0.3) is 0 Å². The van der Waals surface area contributed by atoms with Gasteiger partial charge in [0.15, 0.2) is 23.0 Å². The third-order valence-electron chi connectivity index (χ3n) is 4.85. The number of methoxy groups -OCH3 is 1. The first-order chi connectivity index (χ1) is 14.2. The molecule has 0 fully saturated rings. The molecule has 1 atom stereocenters. The Labute approximate surface area is 170 Å². The van der Waals surface area contributed by atoms with Crippen molar-refractivity contribution in [1.82, 2.24) is 10.3 Å². The zero-order chi connectivity index (χ0) is 20.1. The quantitative estimate of drug-likeness (QED) is 0.618. The van der Waals surface area contributed by atoms with Crippen molar-refractivity contribution in [1.29, 1.82) is 0 Å². The van der Waals surface area contributed by atoms with Gasteiger partial charge in [-0.25, -0.2) is 0 Å². The molecule has 3 aromatic rings. The van der Waals surface area contributed by atoms with E-state index in [2.05, 4.69) is 23.3 Å². The number of fused-ring (bicyclic) bond motifs is 1. The number of benzene rings is 2. The molecule has 1 aliphatic rings. The lowest BCUT2D eigenvalue weighted by Gasteiger charge is -2.16. The van der Waals surface area contributed by atoms with Crippen LogP contribution in [-0.2, 0) is 13.2 Å². The molecule has 1 N–H and O–H groups in total. The first-order valence-electron chi connectivity index (χ1n) is 9.54. The monoisotopic (exact) mass is 392 g/mol. The second-order valence-electron chi connectivity index (χ2n) is 6.85. The second kappa shape index (κ2) is 8.84. The van der Waals surface area contributed by atoms with Crippen LogP contribution >= 0.6 is 0 Å². The van der Waals surface area contributed by atoms with Crippen LogP contribution in [0.25, 0.3) is 0 Å². The summed E-state index contributed by atoms with van der Waals surface area (Å²) in [5.74, 6) is 3.02. The Hall–Kier alpha value is -3.25. The fraction of sp³-hybridized carbons (Fsp3) is 0.261. The molecule has 1 aromatic heterocycles. The number of aromatic nitrogens is 1. The van der Waals surface area contributed by atoms with Gasteiger partial charge in [0.1, 0.15) is 6.61 Å². The molecule has 0 saturated carbocycles. The second-order valence-corrected chi connectivity index (χ2v) is 6.85. The summed E-state index contributed by atoms with van der Waals surface area (Å²) in [5, 5.41) is 3.54. The minimum absolute atomic E-state index is 0.159. The third kappa shape index (κ3) is 4.60. The number of pyridine rings is 1. The molecule has 2 aromatic carbocycles. The van der Waals surface area contributed by atoms with Gasteiger partial charge in [0, 0.05) is 30.5 Å². The fourth-order valence-corrected chi connectivity index (χ4v) is 3.16. The van der Waals surface area contributed by atoms with Crippen LogP contribution in [0.5, 0.6) is 23.0 Å². The summed E-state index contributed by atoms with van der Waals surface area (Å²) in [4.78, 5) is 4.12. The number of hydrogen-bond acceptors (Lipinski definition) is 6. The van der Waals surface area contributed by atoms with Crippen LogP contribution in [0.4, 0.5) is 0 Å². The molecule has 29 heavy (non-hydrogen) atoms. The molecule has 2 heterocycles. The number of nitrogens with zero attached hydrogens (tertiary/aromatic N) is 1. The molecule has 1 aliphatic heterocycles. The predicted molar refractivity (Wildman–Crippen MR) is 109 cm³/mol. The first kappa shape index (κ1) is 19.1. The van der Waals surface area contributed by atoms with E-state index >= 15 is 0 Å². The molecule has 1 unspecified atom stereocenters. The summed E-state index contributed by atoms with van der Waals surface area (Å²) in [7, 11) is 1.64. The summed E-state index contributed by atoms with van der Waals surface area (Å²) in [6.07, 6.45) is 3.54. The van der Waals surface area contributed by atoms with Gasteiger partial charge < -0.3 is 24.3 Å². The van der Waals surface area contributed by atoms with E-state index in [-0.39, 0.29) is 12.8 Å². The minimum atomic E-state index is 0.159. The van der Waals surface area contributed by atoms with E-state index in [4.69, 9.17) is 18.9 Å². The average Bonchev–Trinajstić information content (AvgIpc) is 3.24. The van der Waals surface area contributed by atoms with Crippen molar-refractivity contribution in [2.24, 2.45) is 0 Å². The van der Waals surface area contributed by atoms with E-state index < -0.39 is 0 Å². The summed E-state index contributed by atoms with van der Waals surface area (Å²) in [5.41, 5.74) is 3.27. The Balaban J connectivity index is 1.40. The summed E-state index contributed by atoms with van der Waals surface area (Å²) in [6, 6.07) is 16.0. The molecular weight excluding hydrogens is 368 g/mol. The molecule has 6 nitrogen and oxygen atoms in total. The van der Waals surface area contributed by atoms with Gasteiger partial charge >= 0.3 is 0 Å². The van der Waals surface area contributed by atoms with Crippen LogP contribution in [-0.4, -0.2) is 18.9 Å². The van der Waals surface area contributed by atoms with Gasteiger partial charge in [-0.05, 0) is 48.4 Å². The smallest absolute Gasteiger partial charge is 0.231 e. The SMILES string of the molecule is COc1ccc(CNC(C)c2ccc3c(c2)OCO3)cc1OCc1cccnc1. The molecule has 150 valence electrons. The Morgan fingerprint density at radius 1 is 1.03 bits per heavy atom. The van der Waals surface area contributed by atoms with Crippen molar-refractivity contribution in [2.75, 3.05) is 13.9 Å². The van der Waals surface area contributed by atoms with Gasteiger partial charge in [-0.1, -0.05) is 18.2 Å². The van der Waals surface area contributed by atoms with Crippen molar-refractivity contribution >= 4 is 0 Å². The lowest BCUT2D eigenvalue weighted by molar-refractivity contribution is 0.174. The Morgan fingerprint density at radius 2 is 1.93 bits per heavy atom. The lowest BCUT2D eigenvalue weighted by Crippen LogP contribution is -2.18.